The van der Waals surface area contributed by atoms with Crippen LogP contribution in [0.15, 0.2) is 18.2 Å². The Morgan fingerprint density at radius 3 is 2.68 bits per heavy atom. The van der Waals surface area contributed by atoms with E-state index in [2.05, 4.69) is 13.1 Å². The topological polar surface area (TPSA) is 40.5 Å². The molecule has 2 bridgehead atoms. The molecule has 25 heavy (non-hydrogen) atoms. The largest absolute Gasteiger partial charge is 0.508 e. The van der Waals surface area contributed by atoms with Gasteiger partial charge in [0.2, 0.25) is 0 Å². The van der Waals surface area contributed by atoms with Crippen LogP contribution in [0.2, 0.25) is 0 Å². The maximum absolute atomic E-state index is 12.1. The first-order chi connectivity index (χ1) is 12.0. The molecule has 0 unspecified atom stereocenters. The van der Waals surface area contributed by atoms with Gasteiger partial charge in [-0.25, -0.2) is 0 Å². The molecular formula is C22H32NO2+. The molecule has 3 aliphatic carbocycles. The summed E-state index contributed by atoms with van der Waals surface area (Å²) in [6, 6.07) is 6.27. The number of phenolic OH excluding ortho intramolecular Hbond substituents is 1. The van der Waals surface area contributed by atoms with Gasteiger partial charge in [0, 0.05) is 24.2 Å². The highest BCUT2D eigenvalue weighted by molar-refractivity contribution is 5.47. The van der Waals surface area contributed by atoms with Gasteiger partial charge >= 0.3 is 0 Å². The van der Waals surface area contributed by atoms with Gasteiger partial charge in [-0.1, -0.05) is 25.3 Å². The first kappa shape index (κ1) is 16.1. The van der Waals surface area contributed by atoms with E-state index in [1.54, 1.807) is 0 Å². The van der Waals surface area contributed by atoms with Crippen LogP contribution in [0.3, 0.4) is 0 Å². The molecule has 1 saturated heterocycles. The Kier molecular flexibility index (Phi) is 3.38. The normalized spacial score (nSPS) is 43.0. The number of phenols is 1. The summed E-state index contributed by atoms with van der Waals surface area (Å²) < 4.78 is 1.06. The Morgan fingerprint density at radius 2 is 1.92 bits per heavy atom. The number of hydrogen-bond acceptors (Lipinski definition) is 2. The van der Waals surface area contributed by atoms with Crippen molar-refractivity contribution in [2.45, 2.75) is 74.8 Å². The van der Waals surface area contributed by atoms with E-state index in [1.165, 1.54) is 49.9 Å². The summed E-state index contributed by atoms with van der Waals surface area (Å²) in [6.45, 7) is 2.43. The number of aliphatic hydroxyl groups is 1. The SMILES string of the molecule is C[N@+]1(CC2CCC2)CC[C@@]23CCCC[C@@]2(O)[C@@H]1Cc1ccc(O)cc13. The molecule has 1 aromatic carbocycles. The predicted octanol–water partition coefficient (Wildman–Crippen LogP) is 3.51. The van der Waals surface area contributed by atoms with E-state index in [9.17, 15) is 10.2 Å². The second-order valence-electron chi connectivity index (χ2n) is 9.71. The molecule has 0 spiro atoms. The zero-order chi connectivity index (χ0) is 17.3. The van der Waals surface area contributed by atoms with Crippen LogP contribution < -0.4 is 0 Å². The molecular weight excluding hydrogens is 310 g/mol. The highest BCUT2D eigenvalue weighted by atomic mass is 16.3. The summed E-state index contributed by atoms with van der Waals surface area (Å²) in [5.74, 6) is 1.22. The van der Waals surface area contributed by atoms with Crippen LogP contribution in [0.4, 0.5) is 0 Å². The fraction of sp³-hybridized carbons (Fsp3) is 0.727. The number of nitrogens with zero attached hydrogens (tertiary/aromatic N) is 1. The van der Waals surface area contributed by atoms with Gasteiger partial charge in [0.25, 0.3) is 0 Å². The molecule has 4 aliphatic rings. The molecule has 0 radical (unpaired) electrons. The maximum Gasteiger partial charge on any atom is 0.126 e. The van der Waals surface area contributed by atoms with Crippen molar-refractivity contribution in [3.8, 4) is 5.75 Å². The zero-order valence-electron chi connectivity index (χ0n) is 15.5. The van der Waals surface area contributed by atoms with Crippen molar-refractivity contribution < 1.29 is 14.7 Å². The van der Waals surface area contributed by atoms with E-state index >= 15 is 0 Å². The van der Waals surface area contributed by atoms with Gasteiger partial charge in [-0.15, -0.1) is 0 Å². The number of fused-ring (bicyclic) bond motifs is 1. The summed E-state index contributed by atoms with van der Waals surface area (Å²) in [4.78, 5) is 0. The van der Waals surface area contributed by atoms with Gasteiger partial charge in [0.1, 0.15) is 17.4 Å². The van der Waals surface area contributed by atoms with Gasteiger partial charge in [-0.2, -0.15) is 0 Å². The molecule has 3 heteroatoms. The molecule has 0 aromatic heterocycles. The molecule has 1 aliphatic heterocycles. The fourth-order valence-electron chi connectivity index (χ4n) is 6.99. The number of rotatable bonds is 2. The van der Waals surface area contributed by atoms with E-state index in [0.717, 1.165) is 42.5 Å². The lowest BCUT2D eigenvalue weighted by molar-refractivity contribution is -0.952. The van der Waals surface area contributed by atoms with Gasteiger partial charge in [-0.05, 0) is 48.9 Å². The number of likely N-dealkylation sites (tertiary alicyclic amines) is 1. The van der Waals surface area contributed by atoms with E-state index in [-0.39, 0.29) is 5.41 Å². The van der Waals surface area contributed by atoms with Gasteiger partial charge in [0.05, 0.1) is 20.1 Å². The highest BCUT2D eigenvalue weighted by Crippen LogP contribution is 2.60. The molecule has 3 nitrogen and oxygen atoms in total. The van der Waals surface area contributed by atoms with Crippen LogP contribution in [-0.2, 0) is 11.8 Å². The van der Waals surface area contributed by atoms with Crippen molar-refractivity contribution in [1.82, 2.24) is 0 Å². The van der Waals surface area contributed by atoms with E-state index in [0.29, 0.717) is 11.8 Å². The summed E-state index contributed by atoms with van der Waals surface area (Å²) in [5.41, 5.74) is 1.93. The number of aromatic hydroxyl groups is 1. The van der Waals surface area contributed by atoms with Crippen molar-refractivity contribution in [2.24, 2.45) is 5.92 Å². The summed E-state index contributed by atoms with van der Waals surface area (Å²) in [6.07, 6.45) is 10.6. The summed E-state index contributed by atoms with van der Waals surface area (Å²) in [7, 11) is 2.42. The van der Waals surface area contributed by atoms with Gasteiger partial charge in [-0.3, -0.25) is 0 Å². The lowest BCUT2D eigenvalue weighted by Gasteiger charge is -2.66. The van der Waals surface area contributed by atoms with Crippen molar-refractivity contribution >= 4 is 0 Å². The maximum atomic E-state index is 12.1. The number of piperidine rings is 1. The molecule has 5 rings (SSSR count). The second-order valence-corrected chi connectivity index (χ2v) is 9.71. The molecule has 0 amide bonds. The minimum absolute atomic E-state index is 0.125. The number of quaternary nitrogens is 1. The lowest BCUT2D eigenvalue weighted by Crippen LogP contribution is -2.78. The van der Waals surface area contributed by atoms with Gasteiger partial charge in [0.15, 0.2) is 0 Å². The minimum atomic E-state index is -0.594. The Bertz CT molecular complexity index is 699. The van der Waals surface area contributed by atoms with Crippen molar-refractivity contribution in [3.63, 3.8) is 0 Å². The molecule has 3 fully saturated rings. The molecule has 2 saturated carbocycles. The minimum Gasteiger partial charge on any atom is -0.508 e. The van der Waals surface area contributed by atoms with Crippen molar-refractivity contribution in [2.75, 3.05) is 20.1 Å². The van der Waals surface area contributed by atoms with Gasteiger partial charge < -0.3 is 14.7 Å². The summed E-state index contributed by atoms with van der Waals surface area (Å²) >= 11 is 0. The summed E-state index contributed by atoms with van der Waals surface area (Å²) in [5, 5.41) is 22.3. The Balaban J connectivity index is 1.63. The van der Waals surface area contributed by atoms with Crippen LogP contribution in [0, 0.1) is 5.92 Å². The Morgan fingerprint density at radius 1 is 1.12 bits per heavy atom. The van der Waals surface area contributed by atoms with Crippen molar-refractivity contribution in [1.29, 1.82) is 0 Å². The average molecular weight is 343 g/mol. The third kappa shape index (κ3) is 2.06. The predicted molar refractivity (Wildman–Crippen MR) is 98.6 cm³/mol. The van der Waals surface area contributed by atoms with Crippen LogP contribution >= 0.6 is 0 Å². The van der Waals surface area contributed by atoms with E-state index < -0.39 is 5.60 Å². The Hall–Kier alpha value is -1.06. The van der Waals surface area contributed by atoms with Crippen LogP contribution in [-0.4, -0.2) is 46.5 Å². The quantitative estimate of drug-likeness (QED) is 0.808. The van der Waals surface area contributed by atoms with E-state index in [1.807, 2.05) is 12.1 Å². The number of likely N-dealkylation sites (N-methyl/N-ethyl adjacent to an activating group) is 1. The first-order valence-corrected chi connectivity index (χ1v) is 10.4. The van der Waals surface area contributed by atoms with Crippen LogP contribution in [0.1, 0.15) is 62.5 Å². The molecule has 1 aromatic rings. The van der Waals surface area contributed by atoms with Crippen LogP contribution in [0.5, 0.6) is 5.75 Å². The van der Waals surface area contributed by atoms with Crippen molar-refractivity contribution in [3.05, 3.63) is 29.3 Å². The molecule has 136 valence electrons. The first-order valence-electron chi connectivity index (χ1n) is 10.4. The highest BCUT2D eigenvalue weighted by Gasteiger charge is 2.68. The lowest BCUT2D eigenvalue weighted by atomic mass is 9.49. The third-order valence-corrected chi connectivity index (χ3v) is 8.52. The smallest absolute Gasteiger partial charge is 0.126 e. The molecule has 2 N–H and O–H groups in total. The third-order valence-electron chi connectivity index (χ3n) is 8.52. The van der Waals surface area contributed by atoms with E-state index in [4.69, 9.17) is 0 Å². The number of hydrogen-bond donors (Lipinski definition) is 2. The Labute approximate surface area is 151 Å². The average Bonchev–Trinajstić information content (AvgIpc) is 2.55. The standard InChI is InChI=1S/C22H31NO2/c1-23(15-16-5-4-6-16)12-11-21-9-2-3-10-22(21,25)20(23)13-17-7-8-18(24)14-19(17)21/h7-8,14,16,20,25H,2-6,9-13,15H2,1H3/p+1/t20-,21+,22+,23+/m0/s1. The second kappa shape index (κ2) is 5.23. The zero-order valence-corrected chi connectivity index (χ0v) is 15.5. The number of benzene rings is 1. The monoisotopic (exact) mass is 342 g/mol. The fourth-order valence-corrected chi connectivity index (χ4v) is 6.99. The molecule has 1 heterocycles. The van der Waals surface area contributed by atoms with Crippen LogP contribution in [0.25, 0.3) is 0 Å². The molecule has 4 atom stereocenters.